The molecule has 0 N–H and O–H groups in total. The molecular formula is C36H23F4N2P. The van der Waals surface area contributed by atoms with Gasteiger partial charge in [0.1, 0.15) is 5.82 Å². The predicted molar refractivity (Wildman–Crippen MR) is 167 cm³/mol. The van der Waals surface area contributed by atoms with Gasteiger partial charge in [-0.3, -0.25) is 0 Å². The number of hydrogen-bond acceptors (Lipinski definition) is 1. The van der Waals surface area contributed by atoms with Crippen LogP contribution >= 0.6 is 7.92 Å². The van der Waals surface area contributed by atoms with Crippen molar-refractivity contribution in [3.05, 3.63) is 156 Å². The van der Waals surface area contributed by atoms with Gasteiger partial charge in [-0.05, 0) is 52.8 Å². The maximum atomic E-state index is 15.1. The lowest BCUT2D eigenvalue weighted by atomic mass is 10.0. The zero-order chi connectivity index (χ0) is 29.5. The summed E-state index contributed by atoms with van der Waals surface area (Å²) in [7, 11) is -1.08. The van der Waals surface area contributed by atoms with Crippen LogP contribution in [0.5, 0.6) is 0 Å². The van der Waals surface area contributed by atoms with Gasteiger partial charge in [-0.1, -0.05) is 109 Å². The van der Waals surface area contributed by atoms with Crippen LogP contribution in [0.3, 0.4) is 0 Å². The molecule has 210 valence electrons. The highest BCUT2D eigenvalue weighted by Gasteiger charge is 2.27. The zero-order valence-corrected chi connectivity index (χ0v) is 23.6. The van der Waals surface area contributed by atoms with Crippen molar-refractivity contribution in [3.8, 4) is 11.4 Å². The second kappa shape index (κ2) is 11.1. The number of nitrogens with zero attached hydrogens (tertiary/aromatic N) is 2. The Labute approximate surface area is 246 Å². The summed E-state index contributed by atoms with van der Waals surface area (Å²) in [6.45, 7) is -0.257. The van der Waals surface area contributed by atoms with Crippen LogP contribution in [0.25, 0.3) is 33.2 Å². The predicted octanol–water partition coefficient (Wildman–Crippen LogP) is 8.22. The van der Waals surface area contributed by atoms with Crippen LogP contribution < -0.4 is 15.9 Å². The normalized spacial score (nSPS) is 11.6. The van der Waals surface area contributed by atoms with Crippen LogP contribution in [0, 0.1) is 23.3 Å². The van der Waals surface area contributed by atoms with Crippen molar-refractivity contribution in [3.63, 3.8) is 0 Å². The monoisotopic (exact) mass is 590 g/mol. The third kappa shape index (κ3) is 4.78. The summed E-state index contributed by atoms with van der Waals surface area (Å²) in [5.74, 6) is -6.00. The second-order valence-electron chi connectivity index (χ2n) is 10.2. The molecule has 0 aliphatic rings. The number of imidazole rings is 1. The average molecular weight is 591 g/mol. The van der Waals surface area contributed by atoms with Crippen LogP contribution in [-0.2, 0) is 6.54 Å². The lowest BCUT2D eigenvalue weighted by Gasteiger charge is -2.24. The topological polar surface area (TPSA) is 17.8 Å². The molecule has 0 aliphatic heterocycles. The minimum atomic E-state index is -1.83. The van der Waals surface area contributed by atoms with E-state index in [1.165, 1.54) is 0 Å². The third-order valence-electron chi connectivity index (χ3n) is 7.56. The molecule has 1 heterocycles. The zero-order valence-electron chi connectivity index (χ0n) is 22.7. The summed E-state index contributed by atoms with van der Waals surface area (Å²) in [5, 5.41) is 5.22. The largest absolute Gasteiger partial charge is 0.319 e. The molecule has 0 spiro atoms. The standard InChI is InChI=1S/C36H23F4N2P/c37-28-21-24(33(38)35(40)34(28)39)22-42-30-18-10-9-17-29(30)41-36(42)32-27-16-8-7-11-23(27)19-20-31(32)43(25-12-3-1-4-13-25)26-14-5-2-6-15-26/h1-21H,22H2. The Balaban J connectivity index is 1.55. The van der Waals surface area contributed by atoms with Gasteiger partial charge in [0, 0.05) is 11.1 Å². The van der Waals surface area contributed by atoms with Gasteiger partial charge in [-0.2, -0.15) is 0 Å². The molecule has 0 saturated carbocycles. The van der Waals surface area contributed by atoms with Gasteiger partial charge in [0.25, 0.3) is 0 Å². The molecule has 0 atom stereocenters. The molecule has 43 heavy (non-hydrogen) atoms. The Morgan fingerprint density at radius 1 is 0.605 bits per heavy atom. The lowest BCUT2D eigenvalue weighted by Crippen LogP contribution is -2.23. The first-order valence-electron chi connectivity index (χ1n) is 13.7. The van der Waals surface area contributed by atoms with E-state index in [1.54, 1.807) is 4.57 Å². The Bertz CT molecular complexity index is 2070. The van der Waals surface area contributed by atoms with Crippen molar-refractivity contribution in [1.29, 1.82) is 0 Å². The summed E-state index contributed by atoms with van der Waals surface area (Å²) in [6, 6.07) is 40.7. The van der Waals surface area contributed by atoms with Gasteiger partial charge < -0.3 is 4.57 Å². The molecular weight excluding hydrogens is 567 g/mol. The van der Waals surface area contributed by atoms with Crippen LogP contribution in [0.4, 0.5) is 17.6 Å². The van der Waals surface area contributed by atoms with Gasteiger partial charge in [-0.15, -0.1) is 0 Å². The molecule has 0 radical (unpaired) electrons. The number of rotatable bonds is 6. The fourth-order valence-electron chi connectivity index (χ4n) is 5.60. The number of hydrogen-bond donors (Lipinski definition) is 0. The van der Waals surface area contributed by atoms with Crippen LogP contribution in [-0.4, -0.2) is 9.55 Å². The van der Waals surface area contributed by atoms with Gasteiger partial charge >= 0.3 is 0 Å². The second-order valence-corrected chi connectivity index (χ2v) is 12.3. The van der Waals surface area contributed by atoms with Crippen molar-refractivity contribution in [2.45, 2.75) is 6.54 Å². The lowest BCUT2D eigenvalue weighted by molar-refractivity contribution is 0.403. The van der Waals surface area contributed by atoms with Gasteiger partial charge in [0.2, 0.25) is 0 Å². The van der Waals surface area contributed by atoms with Gasteiger partial charge in [-0.25, -0.2) is 22.5 Å². The molecule has 0 saturated heterocycles. The quantitative estimate of drug-likeness (QED) is 0.0826. The van der Waals surface area contributed by atoms with E-state index in [0.717, 1.165) is 38.3 Å². The number of halogens is 4. The first kappa shape index (κ1) is 27.1. The molecule has 2 nitrogen and oxygen atoms in total. The molecule has 7 heteroatoms. The van der Waals surface area contributed by atoms with Crippen LogP contribution in [0.15, 0.2) is 127 Å². The van der Waals surface area contributed by atoms with E-state index >= 15 is 4.39 Å². The van der Waals surface area contributed by atoms with E-state index in [9.17, 15) is 13.2 Å². The number of aromatic nitrogens is 2. The van der Waals surface area contributed by atoms with Gasteiger partial charge in [0.05, 0.1) is 17.6 Å². The van der Waals surface area contributed by atoms with E-state index in [2.05, 4.69) is 36.4 Å². The first-order valence-corrected chi connectivity index (χ1v) is 15.0. The highest BCUT2D eigenvalue weighted by atomic mass is 31.1. The number of fused-ring (bicyclic) bond motifs is 2. The van der Waals surface area contributed by atoms with Crippen molar-refractivity contribution in [1.82, 2.24) is 9.55 Å². The summed E-state index contributed by atoms with van der Waals surface area (Å²) in [5.41, 5.74) is 1.83. The van der Waals surface area contributed by atoms with Crippen LogP contribution in [0.1, 0.15) is 5.56 Å². The average Bonchev–Trinajstić information content (AvgIpc) is 3.41. The van der Waals surface area contributed by atoms with Crippen molar-refractivity contribution in [2.24, 2.45) is 0 Å². The van der Waals surface area contributed by atoms with E-state index < -0.39 is 31.2 Å². The smallest absolute Gasteiger partial charge is 0.197 e. The molecule has 7 rings (SSSR count). The summed E-state index contributed by atoms with van der Waals surface area (Å²) in [6.07, 6.45) is 0. The van der Waals surface area contributed by atoms with E-state index in [4.69, 9.17) is 4.98 Å². The summed E-state index contributed by atoms with van der Waals surface area (Å²) in [4.78, 5) is 5.04. The van der Waals surface area contributed by atoms with Crippen LogP contribution in [0.2, 0.25) is 0 Å². The highest BCUT2D eigenvalue weighted by Crippen LogP contribution is 2.41. The fourth-order valence-corrected chi connectivity index (χ4v) is 8.06. The Morgan fingerprint density at radius 2 is 1.23 bits per heavy atom. The summed E-state index contributed by atoms with van der Waals surface area (Å²) < 4.78 is 59.4. The van der Waals surface area contributed by atoms with E-state index in [0.29, 0.717) is 16.9 Å². The number of para-hydroxylation sites is 2. The fraction of sp³-hybridized carbons (Fsp3) is 0.0278. The summed E-state index contributed by atoms with van der Waals surface area (Å²) >= 11 is 0. The van der Waals surface area contributed by atoms with Gasteiger partial charge in [0.15, 0.2) is 23.3 Å². The molecule has 6 aromatic carbocycles. The molecule has 0 amide bonds. The minimum Gasteiger partial charge on any atom is -0.319 e. The Hall–Kier alpha value is -4.80. The van der Waals surface area contributed by atoms with Crippen molar-refractivity contribution < 1.29 is 17.6 Å². The van der Waals surface area contributed by atoms with E-state index in [-0.39, 0.29) is 12.1 Å². The van der Waals surface area contributed by atoms with Crippen molar-refractivity contribution in [2.75, 3.05) is 0 Å². The molecule has 0 bridgehead atoms. The van der Waals surface area contributed by atoms with E-state index in [1.807, 2.05) is 84.9 Å². The molecule has 7 aromatic rings. The molecule has 1 aromatic heterocycles. The maximum absolute atomic E-state index is 15.1. The van der Waals surface area contributed by atoms with Crippen molar-refractivity contribution >= 4 is 45.6 Å². The minimum absolute atomic E-state index is 0.257. The molecule has 0 aliphatic carbocycles. The first-order chi connectivity index (χ1) is 21.0. The maximum Gasteiger partial charge on any atom is 0.197 e. The number of benzene rings is 6. The molecule has 0 unspecified atom stereocenters. The molecule has 0 fully saturated rings. The Morgan fingerprint density at radius 3 is 1.95 bits per heavy atom. The Kier molecular flexibility index (Phi) is 7.00. The SMILES string of the molecule is Fc1cc(Cn2c(-c3c(P(c4ccccc4)c4ccccc4)ccc4ccccc34)nc3ccccc32)c(F)c(F)c1F. The highest BCUT2D eigenvalue weighted by molar-refractivity contribution is 7.80. The third-order valence-corrected chi connectivity index (χ3v) is 10.0.